The summed E-state index contributed by atoms with van der Waals surface area (Å²) in [5.41, 5.74) is 3.65. The number of hydrogen-bond acceptors (Lipinski definition) is 2. The van der Waals surface area contributed by atoms with Crippen LogP contribution in [0.1, 0.15) is 11.4 Å². The van der Waals surface area contributed by atoms with Crippen molar-refractivity contribution in [2.75, 3.05) is 13.6 Å². The maximum atomic E-state index is 4.52. The average molecular weight is 203 g/mol. The summed E-state index contributed by atoms with van der Waals surface area (Å²) in [7, 11) is 4.03. The number of benzene rings is 1. The summed E-state index contributed by atoms with van der Waals surface area (Å²) in [4.78, 5) is 4.52. The standard InChI is InChI=1S/C12H17N3/c1-9-14-11-8-10(6-7-13-2)4-5-12(11)15(9)3/h4-5,8,13H,6-7H2,1-3H3. The second-order valence-corrected chi connectivity index (χ2v) is 3.89. The highest BCUT2D eigenvalue weighted by Gasteiger charge is 2.04. The molecule has 2 rings (SSSR count). The molecule has 0 aliphatic heterocycles. The number of aromatic nitrogens is 2. The van der Waals surface area contributed by atoms with E-state index < -0.39 is 0 Å². The van der Waals surface area contributed by atoms with Crippen LogP contribution < -0.4 is 5.32 Å². The third kappa shape index (κ3) is 1.88. The highest BCUT2D eigenvalue weighted by Crippen LogP contribution is 2.16. The Hall–Kier alpha value is -1.35. The number of nitrogens with zero attached hydrogens (tertiary/aromatic N) is 2. The Bertz CT molecular complexity index is 471. The molecule has 0 aliphatic carbocycles. The summed E-state index contributed by atoms with van der Waals surface area (Å²) in [5.74, 6) is 1.07. The average Bonchev–Trinajstić information content (AvgIpc) is 2.52. The molecule has 0 amide bonds. The Labute approximate surface area is 90.1 Å². The lowest BCUT2D eigenvalue weighted by Gasteiger charge is -2.01. The van der Waals surface area contributed by atoms with E-state index >= 15 is 0 Å². The third-order valence-corrected chi connectivity index (χ3v) is 2.83. The van der Waals surface area contributed by atoms with Crippen LogP contribution in [0.4, 0.5) is 0 Å². The molecule has 0 spiro atoms. The normalized spacial score (nSPS) is 11.1. The van der Waals surface area contributed by atoms with Gasteiger partial charge in [-0.1, -0.05) is 6.07 Å². The third-order valence-electron chi connectivity index (χ3n) is 2.83. The van der Waals surface area contributed by atoms with Crippen LogP contribution in [-0.2, 0) is 13.5 Å². The monoisotopic (exact) mass is 203 g/mol. The fraction of sp³-hybridized carbons (Fsp3) is 0.417. The number of aryl methyl sites for hydroxylation is 2. The Balaban J connectivity index is 2.39. The van der Waals surface area contributed by atoms with E-state index in [-0.39, 0.29) is 0 Å². The zero-order chi connectivity index (χ0) is 10.8. The molecule has 3 nitrogen and oxygen atoms in total. The van der Waals surface area contributed by atoms with Crippen LogP contribution in [0, 0.1) is 6.92 Å². The van der Waals surface area contributed by atoms with Gasteiger partial charge in [0, 0.05) is 7.05 Å². The van der Waals surface area contributed by atoms with Gasteiger partial charge in [-0.3, -0.25) is 0 Å². The second-order valence-electron chi connectivity index (χ2n) is 3.89. The molecule has 1 aromatic heterocycles. The molecule has 0 saturated carbocycles. The number of hydrogen-bond donors (Lipinski definition) is 1. The predicted molar refractivity (Wildman–Crippen MR) is 63.1 cm³/mol. The highest BCUT2D eigenvalue weighted by molar-refractivity contribution is 5.76. The minimum atomic E-state index is 1.01. The Morgan fingerprint density at radius 1 is 1.40 bits per heavy atom. The van der Waals surface area contributed by atoms with Gasteiger partial charge >= 0.3 is 0 Å². The molecule has 3 heteroatoms. The topological polar surface area (TPSA) is 29.9 Å². The van der Waals surface area contributed by atoms with Crippen molar-refractivity contribution in [1.82, 2.24) is 14.9 Å². The van der Waals surface area contributed by atoms with Gasteiger partial charge in [0.2, 0.25) is 0 Å². The van der Waals surface area contributed by atoms with Gasteiger partial charge in [0.05, 0.1) is 11.0 Å². The van der Waals surface area contributed by atoms with Crippen LogP contribution in [0.5, 0.6) is 0 Å². The molecular weight excluding hydrogens is 186 g/mol. The van der Waals surface area contributed by atoms with Crippen LogP contribution in [0.25, 0.3) is 11.0 Å². The van der Waals surface area contributed by atoms with Crippen LogP contribution >= 0.6 is 0 Å². The van der Waals surface area contributed by atoms with Crippen LogP contribution in [0.2, 0.25) is 0 Å². The lowest BCUT2D eigenvalue weighted by Crippen LogP contribution is -2.10. The van der Waals surface area contributed by atoms with E-state index in [4.69, 9.17) is 0 Å². The summed E-state index contributed by atoms with van der Waals surface area (Å²) in [6, 6.07) is 6.51. The van der Waals surface area contributed by atoms with Crippen molar-refractivity contribution in [3.63, 3.8) is 0 Å². The molecule has 0 atom stereocenters. The van der Waals surface area contributed by atoms with E-state index in [0.717, 1.165) is 24.3 Å². The molecule has 0 aliphatic rings. The van der Waals surface area contributed by atoms with Crippen LogP contribution in [-0.4, -0.2) is 23.1 Å². The fourth-order valence-corrected chi connectivity index (χ4v) is 1.79. The minimum Gasteiger partial charge on any atom is -0.331 e. The van der Waals surface area contributed by atoms with E-state index in [0.29, 0.717) is 0 Å². The van der Waals surface area contributed by atoms with Crippen LogP contribution in [0.15, 0.2) is 18.2 Å². The second kappa shape index (κ2) is 4.03. The maximum Gasteiger partial charge on any atom is 0.106 e. The van der Waals surface area contributed by atoms with E-state index in [1.165, 1.54) is 11.1 Å². The number of fused-ring (bicyclic) bond motifs is 1. The van der Waals surface area contributed by atoms with Gasteiger partial charge < -0.3 is 9.88 Å². The highest BCUT2D eigenvalue weighted by atomic mass is 15.0. The SMILES string of the molecule is CNCCc1ccc2c(c1)nc(C)n2C. The molecule has 0 bridgehead atoms. The lowest BCUT2D eigenvalue weighted by molar-refractivity contribution is 0.792. The fourth-order valence-electron chi connectivity index (χ4n) is 1.79. The largest absolute Gasteiger partial charge is 0.331 e. The van der Waals surface area contributed by atoms with E-state index in [2.05, 4.69) is 40.1 Å². The van der Waals surface area contributed by atoms with E-state index in [1.54, 1.807) is 0 Å². The van der Waals surface area contributed by atoms with Crippen molar-refractivity contribution < 1.29 is 0 Å². The quantitative estimate of drug-likeness (QED) is 0.822. The molecule has 15 heavy (non-hydrogen) atoms. The molecule has 0 radical (unpaired) electrons. The van der Waals surface area contributed by atoms with Crippen molar-refractivity contribution in [3.05, 3.63) is 29.6 Å². The number of nitrogens with one attached hydrogen (secondary N) is 1. The summed E-state index contributed by atoms with van der Waals surface area (Å²) in [6.45, 7) is 3.05. The van der Waals surface area contributed by atoms with E-state index in [9.17, 15) is 0 Å². The van der Waals surface area contributed by atoms with Crippen molar-refractivity contribution in [1.29, 1.82) is 0 Å². The first-order valence-corrected chi connectivity index (χ1v) is 5.29. The lowest BCUT2D eigenvalue weighted by atomic mass is 10.1. The minimum absolute atomic E-state index is 1.01. The molecule has 0 saturated heterocycles. The first-order valence-electron chi connectivity index (χ1n) is 5.29. The summed E-state index contributed by atoms with van der Waals surface area (Å²) < 4.78 is 2.12. The number of likely N-dealkylation sites (N-methyl/N-ethyl adjacent to an activating group) is 1. The van der Waals surface area contributed by atoms with Gasteiger partial charge in [0.15, 0.2) is 0 Å². The van der Waals surface area contributed by atoms with Gasteiger partial charge in [-0.25, -0.2) is 4.98 Å². The molecule has 80 valence electrons. The molecular formula is C12H17N3. The van der Waals surface area contributed by atoms with E-state index in [1.807, 2.05) is 14.0 Å². The Morgan fingerprint density at radius 3 is 2.93 bits per heavy atom. The zero-order valence-corrected chi connectivity index (χ0v) is 9.54. The Kier molecular flexibility index (Phi) is 2.73. The van der Waals surface area contributed by atoms with Gasteiger partial charge in [-0.2, -0.15) is 0 Å². The predicted octanol–water partition coefficient (Wildman–Crippen LogP) is 1.64. The van der Waals surface area contributed by atoms with Crippen molar-refractivity contribution in [2.45, 2.75) is 13.3 Å². The van der Waals surface area contributed by atoms with Crippen molar-refractivity contribution >= 4 is 11.0 Å². The van der Waals surface area contributed by atoms with Crippen molar-refractivity contribution in [3.8, 4) is 0 Å². The summed E-state index contributed by atoms with van der Waals surface area (Å²) in [6.07, 6.45) is 1.06. The molecule has 0 fully saturated rings. The molecule has 2 aromatic rings. The van der Waals surface area contributed by atoms with Gasteiger partial charge in [-0.15, -0.1) is 0 Å². The molecule has 1 aromatic carbocycles. The molecule has 1 N–H and O–H groups in total. The molecule has 1 heterocycles. The zero-order valence-electron chi connectivity index (χ0n) is 9.54. The van der Waals surface area contributed by atoms with Gasteiger partial charge in [-0.05, 0) is 44.6 Å². The first kappa shape index (κ1) is 10.2. The number of rotatable bonds is 3. The smallest absolute Gasteiger partial charge is 0.106 e. The van der Waals surface area contributed by atoms with Gasteiger partial charge in [0.25, 0.3) is 0 Å². The summed E-state index contributed by atoms with van der Waals surface area (Å²) >= 11 is 0. The van der Waals surface area contributed by atoms with Crippen molar-refractivity contribution in [2.24, 2.45) is 7.05 Å². The van der Waals surface area contributed by atoms with Crippen LogP contribution in [0.3, 0.4) is 0 Å². The first-order chi connectivity index (χ1) is 7.22. The number of imidazole rings is 1. The van der Waals surface area contributed by atoms with Gasteiger partial charge in [0.1, 0.15) is 5.82 Å². The maximum absolute atomic E-state index is 4.52. The summed E-state index contributed by atoms with van der Waals surface area (Å²) in [5, 5.41) is 3.16. The molecule has 0 unspecified atom stereocenters. The Morgan fingerprint density at radius 2 is 2.20 bits per heavy atom.